The van der Waals surface area contributed by atoms with Crippen molar-refractivity contribution in [1.29, 1.82) is 0 Å². The molecule has 0 rings (SSSR count). The number of carbonyl (C=O) groups is 3. The van der Waals surface area contributed by atoms with Crippen molar-refractivity contribution in [2.75, 3.05) is 13.2 Å². The molecule has 0 aromatic heterocycles. The van der Waals surface area contributed by atoms with Crippen LogP contribution in [0.4, 0.5) is 0 Å². The Labute approximate surface area is 512 Å². The minimum absolute atomic E-state index is 0.115. The highest BCUT2D eigenvalue weighted by Crippen LogP contribution is 2.17. The second-order valence-corrected chi connectivity index (χ2v) is 22.3. The fraction of sp³-hybridized carbons (Fsp3) is 0.649. The quantitative estimate of drug-likeness (QED) is 0.0261. The standard InChI is InChI=1S/C77H126O6/c1-4-7-10-13-16-19-22-25-27-29-31-32-33-34-35-36-37-38-39-40-41-42-43-44-46-47-49-52-55-58-61-64-67-70-76(79)82-73-74(72-81-75(78)69-66-63-60-57-54-51-24-21-18-15-12-9-6-3)83-77(80)71-68-65-62-59-56-53-50-48-45-30-28-26-23-20-17-14-11-8-5-2/h7-8,10-12,15-17,19-21,24-28,31-32,45,48,53,56,62,65,74H,4-6,9,13-14,18,22-23,29-30,33-44,46-47,49-52,54-55,57-61,63-64,66-73H2,1-3H3/b10-7-,11-8-,15-12-,19-16-,20-17-,24-21-,27-25-,28-26-,32-31-,48-45-,56-53-,65-62-. The smallest absolute Gasteiger partial charge is 0.306 e. The van der Waals surface area contributed by atoms with Crippen LogP contribution in [0, 0.1) is 0 Å². The van der Waals surface area contributed by atoms with Gasteiger partial charge in [-0.2, -0.15) is 0 Å². The van der Waals surface area contributed by atoms with Crippen molar-refractivity contribution in [2.45, 2.75) is 309 Å². The molecule has 0 heterocycles. The van der Waals surface area contributed by atoms with Crippen molar-refractivity contribution in [3.05, 3.63) is 146 Å². The number of unbranched alkanes of at least 4 members (excludes halogenated alkanes) is 26. The van der Waals surface area contributed by atoms with Gasteiger partial charge in [0.25, 0.3) is 0 Å². The van der Waals surface area contributed by atoms with E-state index in [1.54, 1.807) is 0 Å². The van der Waals surface area contributed by atoms with Crippen molar-refractivity contribution in [3.63, 3.8) is 0 Å². The van der Waals surface area contributed by atoms with E-state index in [9.17, 15) is 14.4 Å². The Kier molecular flexibility index (Phi) is 65.8. The summed E-state index contributed by atoms with van der Waals surface area (Å²) in [4.78, 5) is 38.3. The summed E-state index contributed by atoms with van der Waals surface area (Å²) in [5, 5.41) is 0. The number of ether oxygens (including phenoxy) is 3. The van der Waals surface area contributed by atoms with E-state index in [-0.39, 0.29) is 31.6 Å². The SMILES string of the molecule is CC/C=C\C/C=C\C/C=C\C/C=C\C/C=C\C/C=C\CCC(=O)OC(COC(=O)CCCCCCC/C=C\C/C=C\CCC)COC(=O)CCCCCCCCCCCCCCCCCCCCCC/C=C\C/C=C\C/C=C\C/C=C\CC. The van der Waals surface area contributed by atoms with E-state index >= 15 is 0 Å². The third kappa shape index (κ3) is 68.0. The first-order valence-corrected chi connectivity index (χ1v) is 34.3. The molecular weight excluding hydrogens is 1020 g/mol. The molecule has 0 bridgehead atoms. The van der Waals surface area contributed by atoms with Crippen LogP contribution >= 0.6 is 0 Å². The fourth-order valence-electron chi connectivity index (χ4n) is 9.26. The van der Waals surface area contributed by atoms with Gasteiger partial charge in [-0.1, -0.05) is 308 Å². The third-order valence-corrected chi connectivity index (χ3v) is 14.3. The summed E-state index contributed by atoms with van der Waals surface area (Å²) >= 11 is 0. The van der Waals surface area contributed by atoms with E-state index in [0.29, 0.717) is 19.3 Å². The minimum atomic E-state index is -0.829. The predicted octanol–water partition coefficient (Wildman–Crippen LogP) is 23.9. The van der Waals surface area contributed by atoms with Crippen LogP contribution in [0.15, 0.2) is 146 Å². The first-order chi connectivity index (χ1) is 41.0. The van der Waals surface area contributed by atoms with Crippen molar-refractivity contribution < 1.29 is 28.6 Å². The third-order valence-electron chi connectivity index (χ3n) is 14.3. The number of hydrogen-bond donors (Lipinski definition) is 0. The highest BCUT2D eigenvalue weighted by Gasteiger charge is 2.19. The van der Waals surface area contributed by atoms with Crippen LogP contribution in [-0.2, 0) is 28.6 Å². The molecule has 83 heavy (non-hydrogen) atoms. The Bertz CT molecular complexity index is 1800. The first-order valence-electron chi connectivity index (χ1n) is 34.3. The van der Waals surface area contributed by atoms with Crippen LogP contribution in [0.25, 0.3) is 0 Å². The van der Waals surface area contributed by atoms with Crippen molar-refractivity contribution in [3.8, 4) is 0 Å². The van der Waals surface area contributed by atoms with Gasteiger partial charge in [0.1, 0.15) is 13.2 Å². The molecule has 0 aromatic rings. The summed E-state index contributed by atoms with van der Waals surface area (Å²) in [5.74, 6) is -1.01. The molecule has 0 saturated heterocycles. The van der Waals surface area contributed by atoms with E-state index in [2.05, 4.69) is 161 Å². The largest absolute Gasteiger partial charge is 0.462 e. The van der Waals surface area contributed by atoms with Gasteiger partial charge in [-0.15, -0.1) is 0 Å². The van der Waals surface area contributed by atoms with Gasteiger partial charge >= 0.3 is 17.9 Å². The molecule has 0 aromatic carbocycles. The van der Waals surface area contributed by atoms with Gasteiger partial charge in [0.05, 0.1) is 0 Å². The van der Waals surface area contributed by atoms with Gasteiger partial charge in [-0.3, -0.25) is 14.4 Å². The van der Waals surface area contributed by atoms with Gasteiger partial charge in [-0.05, 0) is 122 Å². The Morgan fingerprint density at radius 2 is 0.494 bits per heavy atom. The lowest BCUT2D eigenvalue weighted by molar-refractivity contribution is -0.166. The second-order valence-electron chi connectivity index (χ2n) is 22.3. The van der Waals surface area contributed by atoms with E-state index in [4.69, 9.17) is 14.2 Å². The maximum absolute atomic E-state index is 12.9. The number of rotatable bonds is 61. The second kappa shape index (κ2) is 69.8. The van der Waals surface area contributed by atoms with Gasteiger partial charge in [0.2, 0.25) is 0 Å². The zero-order chi connectivity index (χ0) is 59.9. The summed E-state index contributed by atoms with van der Waals surface area (Å²) in [5.41, 5.74) is 0. The summed E-state index contributed by atoms with van der Waals surface area (Å²) in [6, 6.07) is 0. The maximum atomic E-state index is 12.9. The Morgan fingerprint density at radius 1 is 0.253 bits per heavy atom. The maximum Gasteiger partial charge on any atom is 0.306 e. The normalized spacial score (nSPS) is 13.0. The predicted molar refractivity (Wildman–Crippen MR) is 362 cm³/mol. The van der Waals surface area contributed by atoms with Gasteiger partial charge in [0.15, 0.2) is 6.10 Å². The lowest BCUT2D eigenvalue weighted by Gasteiger charge is -2.18. The summed E-state index contributed by atoms with van der Waals surface area (Å²) in [6.45, 7) is 6.29. The van der Waals surface area contributed by atoms with Crippen LogP contribution < -0.4 is 0 Å². The van der Waals surface area contributed by atoms with Crippen molar-refractivity contribution in [1.82, 2.24) is 0 Å². The molecule has 1 unspecified atom stereocenters. The van der Waals surface area contributed by atoms with Crippen LogP contribution in [0.3, 0.4) is 0 Å². The summed E-state index contributed by atoms with van der Waals surface area (Å²) in [7, 11) is 0. The molecule has 0 spiro atoms. The number of hydrogen-bond acceptors (Lipinski definition) is 6. The monoisotopic (exact) mass is 1150 g/mol. The summed E-state index contributed by atoms with van der Waals surface area (Å²) < 4.78 is 16.8. The van der Waals surface area contributed by atoms with Crippen LogP contribution in [-0.4, -0.2) is 37.2 Å². The van der Waals surface area contributed by atoms with Gasteiger partial charge < -0.3 is 14.2 Å². The average Bonchev–Trinajstić information content (AvgIpc) is 3.49. The van der Waals surface area contributed by atoms with E-state index < -0.39 is 12.1 Å². The molecule has 0 fully saturated rings. The lowest BCUT2D eigenvalue weighted by Crippen LogP contribution is -2.30. The Morgan fingerprint density at radius 3 is 0.783 bits per heavy atom. The zero-order valence-corrected chi connectivity index (χ0v) is 53.9. The molecule has 1 atom stereocenters. The van der Waals surface area contributed by atoms with Gasteiger partial charge in [-0.25, -0.2) is 0 Å². The molecule has 0 radical (unpaired) electrons. The van der Waals surface area contributed by atoms with Crippen molar-refractivity contribution in [2.24, 2.45) is 0 Å². The molecule has 470 valence electrons. The minimum Gasteiger partial charge on any atom is -0.462 e. The van der Waals surface area contributed by atoms with E-state index in [1.165, 1.54) is 122 Å². The highest BCUT2D eigenvalue weighted by molar-refractivity contribution is 5.71. The molecule has 0 saturated carbocycles. The molecule has 6 heteroatoms. The van der Waals surface area contributed by atoms with E-state index in [0.717, 1.165) is 135 Å². The lowest BCUT2D eigenvalue weighted by atomic mass is 10.0. The van der Waals surface area contributed by atoms with Gasteiger partial charge in [0, 0.05) is 19.3 Å². The number of allylic oxidation sites excluding steroid dienone is 24. The van der Waals surface area contributed by atoms with Crippen LogP contribution in [0.2, 0.25) is 0 Å². The Balaban J connectivity index is 4.26. The first kappa shape index (κ1) is 78.3. The molecule has 0 aliphatic rings. The zero-order valence-electron chi connectivity index (χ0n) is 53.9. The highest BCUT2D eigenvalue weighted by atomic mass is 16.6. The molecule has 0 amide bonds. The van der Waals surface area contributed by atoms with Crippen LogP contribution in [0.5, 0.6) is 0 Å². The number of carbonyl (C=O) groups excluding carboxylic acids is 3. The van der Waals surface area contributed by atoms with Crippen molar-refractivity contribution >= 4 is 17.9 Å². The average molecular weight is 1150 g/mol. The molecule has 6 nitrogen and oxygen atoms in total. The fourth-order valence-corrected chi connectivity index (χ4v) is 9.26. The molecular formula is C77H126O6. The topological polar surface area (TPSA) is 78.9 Å². The molecule has 0 aliphatic heterocycles. The number of esters is 3. The molecule has 0 aliphatic carbocycles. The summed E-state index contributed by atoms with van der Waals surface area (Å²) in [6.07, 6.45) is 100. The van der Waals surface area contributed by atoms with E-state index in [1.807, 2.05) is 6.08 Å². The Hall–Kier alpha value is -4.71. The molecule has 0 N–H and O–H groups in total. The van der Waals surface area contributed by atoms with Crippen LogP contribution in [0.1, 0.15) is 303 Å².